The Labute approximate surface area is 122 Å². The van der Waals surface area contributed by atoms with E-state index in [2.05, 4.69) is 10.1 Å². The minimum atomic E-state index is -1.38. The van der Waals surface area contributed by atoms with Crippen molar-refractivity contribution in [3.63, 3.8) is 0 Å². The van der Waals surface area contributed by atoms with Gasteiger partial charge in [0.05, 0.1) is 20.3 Å². The first-order valence-corrected chi connectivity index (χ1v) is 6.24. The minimum absolute atomic E-state index is 0.00476. The summed E-state index contributed by atoms with van der Waals surface area (Å²) in [5.74, 6) is -2.12. The van der Waals surface area contributed by atoms with Crippen LogP contribution in [0.3, 0.4) is 0 Å². The molecule has 1 atom stereocenters. The molecule has 0 spiro atoms. The molecule has 1 amide bonds. The quantitative estimate of drug-likeness (QED) is 0.291. The number of rotatable bonds is 8. The Morgan fingerprint density at radius 3 is 2.33 bits per heavy atom. The van der Waals surface area contributed by atoms with Gasteiger partial charge in [0.2, 0.25) is 5.91 Å². The number of methoxy groups -OCH3 is 1. The largest absolute Gasteiger partial charge is 0.466 e. The van der Waals surface area contributed by atoms with E-state index in [9.17, 15) is 19.5 Å². The summed E-state index contributed by atoms with van der Waals surface area (Å²) in [4.78, 5) is 33.4. The van der Waals surface area contributed by atoms with Gasteiger partial charge in [0.25, 0.3) is 0 Å². The Kier molecular flexibility index (Phi) is 8.25. The molecule has 8 heteroatoms. The smallest absolute Gasteiger partial charge is 0.331 e. The number of carbonyl (C=O) groups is 3. The van der Waals surface area contributed by atoms with Crippen molar-refractivity contribution >= 4 is 17.8 Å². The number of carbonyl (C=O) groups excluding carboxylic acids is 3. The molecule has 0 aromatic heterocycles. The van der Waals surface area contributed by atoms with Gasteiger partial charge in [-0.3, -0.25) is 4.79 Å². The summed E-state index contributed by atoms with van der Waals surface area (Å²) >= 11 is 0. The Bertz CT molecular complexity index is 403. The molecule has 0 aliphatic rings. The standard InChI is InChI=1S/C13H21NO7/c1-13(2,8-15)11(18)12(19)14-6-7-21-10(17)5-4-9(16)20-3/h4-5,11,15,18H,6-8H2,1-3H3,(H,14,19)/b5-4+/t11-/m1/s1. The summed E-state index contributed by atoms with van der Waals surface area (Å²) in [6.07, 6.45) is 0.434. The van der Waals surface area contributed by atoms with Gasteiger partial charge in [-0.1, -0.05) is 13.8 Å². The molecule has 0 rings (SSSR count). The van der Waals surface area contributed by atoms with Crippen molar-refractivity contribution in [2.75, 3.05) is 26.9 Å². The number of hydrogen-bond donors (Lipinski definition) is 3. The number of hydrogen-bond acceptors (Lipinski definition) is 7. The number of amides is 1. The summed E-state index contributed by atoms with van der Waals surface area (Å²) in [6, 6.07) is 0. The molecule has 0 aromatic carbocycles. The first-order chi connectivity index (χ1) is 9.74. The highest BCUT2D eigenvalue weighted by molar-refractivity contribution is 5.91. The van der Waals surface area contributed by atoms with Crippen LogP contribution in [-0.4, -0.2) is 61.0 Å². The second kappa shape index (κ2) is 9.09. The summed E-state index contributed by atoms with van der Waals surface area (Å²) in [5.41, 5.74) is -0.968. The Hall–Kier alpha value is -1.93. The molecule has 120 valence electrons. The fourth-order valence-electron chi connectivity index (χ4n) is 1.12. The molecule has 21 heavy (non-hydrogen) atoms. The molecule has 0 heterocycles. The summed E-state index contributed by atoms with van der Waals surface area (Å²) < 4.78 is 8.99. The predicted octanol–water partition coefficient (Wildman–Crippen LogP) is -1.25. The molecule has 0 aromatic rings. The second-order valence-corrected chi connectivity index (χ2v) is 4.86. The third-order valence-electron chi connectivity index (χ3n) is 2.60. The fraction of sp³-hybridized carbons (Fsp3) is 0.615. The molecule has 0 unspecified atom stereocenters. The van der Waals surface area contributed by atoms with Gasteiger partial charge in [0, 0.05) is 17.6 Å². The summed E-state index contributed by atoms with van der Waals surface area (Å²) in [5, 5.41) is 21.1. The van der Waals surface area contributed by atoms with Gasteiger partial charge in [0.1, 0.15) is 12.7 Å². The molecule has 0 aliphatic carbocycles. The first-order valence-electron chi connectivity index (χ1n) is 6.24. The van der Waals surface area contributed by atoms with Crippen LogP contribution in [0.1, 0.15) is 13.8 Å². The van der Waals surface area contributed by atoms with Crippen LogP contribution in [0, 0.1) is 5.41 Å². The maximum absolute atomic E-state index is 11.6. The van der Waals surface area contributed by atoms with Crippen LogP contribution in [0.25, 0.3) is 0 Å². The SMILES string of the molecule is COC(=O)/C=C/C(=O)OCCNC(=O)[C@@H](O)C(C)(C)CO. The van der Waals surface area contributed by atoms with E-state index in [1.165, 1.54) is 21.0 Å². The van der Waals surface area contributed by atoms with Crippen molar-refractivity contribution in [1.29, 1.82) is 0 Å². The summed E-state index contributed by atoms with van der Waals surface area (Å²) in [7, 11) is 1.17. The maximum atomic E-state index is 11.6. The van der Waals surface area contributed by atoms with Gasteiger partial charge in [-0.05, 0) is 0 Å². The number of aliphatic hydroxyl groups is 2. The monoisotopic (exact) mass is 303 g/mol. The van der Waals surface area contributed by atoms with Crippen molar-refractivity contribution in [1.82, 2.24) is 5.32 Å². The number of aliphatic hydroxyl groups excluding tert-OH is 2. The average molecular weight is 303 g/mol. The van der Waals surface area contributed by atoms with Crippen LogP contribution in [-0.2, 0) is 23.9 Å². The number of esters is 2. The van der Waals surface area contributed by atoms with Crippen LogP contribution in [0.2, 0.25) is 0 Å². The van der Waals surface area contributed by atoms with Gasteiger partial charge < -0.3 is 25.0 Å². The van der Waals surface area contributed by atoms with Gasteiger partial charge in [0.15, 0.2) is 0 Å². The summed E-state index contributed by atoms with van der Waals surface area (Å²) in [6.45, 7) is 2.59. The maximum Gasteiger partial charge on any atom is 0.331 e. The molecular weight excluding hydrogens is 282 g/mol. The average Bonchev–Trinajstić information content (AvgIpc) is 2.47. The lowest BCUT2D eigenvalue weighted by Gasteiger charge is -2.27. The van der Waals surface area contributed by atoms with Crippen LogP contribution in [0.5, 0.6) is 0 Å². The van der Waals surface area contributed by atoms with E-state index < -0.39 is 29.4 Å². The molecule has 0 saturated heterocycles. The van der Waals surface area contributed by atoms with Gasteiger partial charge in [-0.15, -0.1) is 0 Å². The van der Waals surface area contributed by atoms with E-state index >= 15 is 0 Å². The zero-order valence-electron chi connectivity index (χ0n) is 12.3. The Morgan fingerprint density at radius 1 is 1.24 bits per heavy atom. The topological polar surface area (TPSA) is 122 Å². The van der Waals surface area contributed by atoms with Gasteiger partial charge >= 0.3 is 11.9 Å². The van der Waals surface area contributed by atoms with Crippen molar-refractivity contribution in [2.45, 2.75) is 20.0 Å². The van der Waals surface area contributed by atoms with E-state index in [0.717, 1.165) is 12.2 Å². The van der Waals surface area contributed by atoms with Crippen molar-refractivity contribution in [3.05, 3.63) is 12.2 Å². The minimum Gasteiger partial charge on any atom is -0.466 e. The van der Waals surface area contributed by atoms with Gasteiger partial charge in [-0.25, -0.2) is 9.59 Å². The van der Waals surface area contributed by atoms with E-state index in [0.29, 0.717) is 0 Å². The van der Waals surface area contributed by atoms with Crippen LogP contribution < -0.4 is 5.32 Å². The molecule has 0 saturated carbocycles. The van der Waals surface area contributed by atoms with Crippen LogP contribution >= 0.6 is 0 Å². The molecule has 0 fully saturated rings. The second-order valence-electron chi connectivity index (χ2n) is 4.86. The van der Waals surface area contributed by atoms with Gasteiger partial charge in [-0.2, -0.15) is 0 Å². The Morgan fingerprint density at radius 2 is 1.81 bits per heavy atom. The lowest BCUT2D eigenvalue weighted by atomic mass is 9.87. The van der Waals surface area contributed by atoms with E-state index in [1.54, 1.807) is 0 Å². The normalized spacial score (nSPS) is 12.8. The molecule has 0 bridgehead atoms. The van der Waals surface area contributed by atoms with Crippen molar-refractivity contribution < 1.29 is 34.1 Å². The number of ether oxygens (including phenoxy) is 2. The van der Waals surface area contributed by atoms with Crippen molar-refractivity contribution in [3.8, 4) is 0 Å². The third kappa shape index (κ3) is 7.42. The van der Waals surface area contributed by atoms with Crippen LogP contribution in [0.15, 0.2) is 12.2 Å². The zero-order valence-corrected chi connectivity index (χ0v) is 12.3. The number of nitrogens with one attached hydrogen (secondary N) is 1. The fourth-order valence-corrected chi connectivity index (χ4v) is 1.12. The zero-order chi connectivity index (χ0) is 16.5. The molecule has 8 nitrogen and oxygen atoms in total. The lowest BCUT2D eigenvalue weighted by Crippen LogP contribution is -2.46. The third-order valence-corrected chi connectivity index (χ3v) is 2.60. The van der Waals surface area contributed by atoms with Crippen LogP contribution in [0.4, 0.5) is 0 Å². The molecule has 0 radical (unpaired) electrons. The molecule has 0 aliphatic heterocycles. The van der Waals surface area contributed by atoms with E-state index in [-0.39, 0.29) is 19.8 Å². The Balaban J connectivity index is 4.01. The van der Waals surface area contributed by atoms with E-state index in [1.807, 2.05) is 0 Å². The van der Waals surface area contributed by atoms with E-state index in [4.69, 9.17) is 9.84 Å². The highest BCUT2D eigenvalue weighted by Crippen LogP contribution is 2.19. The molecule has 3 N–H and O–H groups in total. The molecular formula is C13H21NO7. The van der Waals surface area contributed by atoms with Crippen molar-refractivity contribution in [2.24, 2.45) is 5.41 Å². The highest BCUT2D eigenvalue weighted by atomic mass is 16.5. The highest BCUT2D eigenvalue weighted by Gasteiger charge is 2.32. The lowest BCUT2D eigenvalue weighted by molar-refractivity contribution is -0.141. The predicted molar refractivity (Wildman–Crippen MR) is 72.0 cm³/mol. The first kappa shape index (κ1) is 19.1.